The fourth-order valence-corrected chi connectivity index (χ4v) is 3.25. The molecular weight excluding hydrogens is 548 g/mol. The first kappa shape index (κ1) is 27.7. The molecule has 0 spiro atoms. The van der Waals surface area contributed by atoms with Gasteiger partial charge in [0.15, 0.2) is 0 Å². The molecule has 41 heavy (non-hydrogen) atoms. The van der Waals surface area contributed by atoms with E-state index < -0.39 is 25.9 Å². The van der Waals surface area contributed by atoms with Crippen LogP contribution in [0.25, 0.3) is 0 Å². The van der Waals surface area contributed by atoms with Crippen LogP contribution in [0, 0.1) is 40.5 Å². The lowest BCUT2D eigenvalue weighted by Gasteiger charge is -2.32. The van der Waals surface area contributed by atoms with Crippen molar-refractivity contribution in [2.45, 2.75) is 6.16 Å². The van der Waals surface area contributed by atoms with Crippen molar-refractivity contribution >= 4 is 22.7 Å². The standard InChI is InChI=1S/C25H16N4O12/c30-26(31)17-1-9-21(10-2-17)38-25(39-22-11-3-18(4-12-22)27(32)33,40-23-13-5-19(6-14-23)28(34)35)41-24-15-7-20(8-16-24)29(36)37/h1-16H. The molecule has 0 aliphatic carbocycles. The molecule has 0 atom stereocenters. The molecule has 0 radical (unpaired) electrons. The minimum atomic E-state index is -2.63. The van der Waals surface area contributed by atoms with Crippen molar-refractivity contribution in [3.05, 3.63) is 138 Å². The first-order chi connectivity index (χ1) is 19.5. The number of benzene rings is 4. The van der Waals surface area contributed by atoms with Crippen molar-refractivity contribution in [2.24, 2.45) is 0 Å². The Kier molecular flexibility index (Phi) is 7.84. The first-order valence-electron chi connectivity index (χ1n) is 11.3. The minimum absolute atomic E-state index is 0.0682. The van der Waals surface area contributed by atoms with Crippen molar-refractivity contribution < 1.29 is 38.6 Å². The highest BCUT2D eigenvalue weighted by Crippen LogP contribution is 2.32. The number of ether oxygens (including phenoxy) is 4. The Morgan fingerprint density at radius 1 is 0.366 bits per heavy atom. The Morgan fingerprint density at radius 2 is 0.537 bits per heavy atom. The van der Waals surface area contributed by atoms with Gasteiger partial charge in [-0.1, -0.05) is 0 Å². The Labute approximate surface area is 228 Å². The third kappa shape index (κ3) is 6.96. The lowest BCUT2D eigenvalue weighted by atomic mass is 10.3. The predicted molar refractivity (Wildman–Crippen MR) is 138 cm³/mol. The number of nitro benzene ring substituents is 4. The zero-order valence-electron chi connectivity index (χ0n) is 20.4. The lowest BCUT2D eigenvalue weighted by molar-refractivity contribution is -0.385. The summed E-state index contributed by atoms with van der Waals surface area (Å²) in [5.41, 5.74) is -1.03. The Balaban J connectivity index is 1.80. The fourth-order valence-electron chi connectivity index (χ4n) is 3.25. The van der Waals surface area contributed by atoms with E-state index in [1.54, 1.807) is 0 Å². The van der Waals surface area contributed by atoms with E-state index in [2.05, 4.69) is 0 Å². The molecule has 0 unspecified atom stereocenters. The van der Waals surface area contributed by atoms with Gasteiger partial charge in [-0.15, -0.1) is 0 Å². The van der Waals surface area contributed by atoms with E-state index in [-0.39, 0.29) is 45.7 Å². The molecule has 16 heteroatoms. The van der Waals surface area contributed by atoms with Crippen LogP contribution in [0.1, 0.15) is 0 Å². The van der Waals surface area contributed by atoms with Gasteiger partial charge >= 0.3 is 6.16 Å². The molecule has 4 rings (SSSR count). The smallest absolute Gasteiger partial charge is 0.386 e. The third-order valence-electron chi connectivity index (χ3n) is 5.16. The van der Waals surface area contributed by atoms with Crippen LogP contribution in [-0.2, 0) is 0 Å². The van der Waals surface area contributed by atoms with E-state index in [0.717, 1.165) is 48.5 Å². The second kappa shape index (κ2) is 11.6. The Morgan fingerprint density at radius 3 is 0.683 bits per heavy atom. The monoisotopic (exact) mass is 564 g/mol. The van der Waals surface area contributed by atoms with Crippen LogP contribution >= 0.6 is 0 Å². The van der Waals surface area contributed by atoms with Gasteiger partial charge in [0.1, 0.15) is 23.0 Å². The Hall–Kier alpha value is -6.32. The number of nitrogens with zero attached hydrogens (tertiary/aromatic N) is 4. The van der Waals surface area contributed by atoms with Crippen LogP contribution in [0.15, 0.2) is 97.1 Å². The van der Waals surface area contributed by atoms with E-state index in [4.69, 9.17) is 18.9 Å². The molecule has 0 aliphatic rings. The van der Waals surface area contributed by atoms with Gasteiger partial charge in [0, 0.05) is 48.5 Å². The van der Waals surface area contributed by atoms with Gasteiger partial charge in [0.05, 0.1) is 19.7 Å². The maximum Gasteiger partial charge on any atom is 0.611 e. The van der Waals surface area contributed by atoms with Crippen LogP contribution in [0.4, 0.5) is 22.7 Å². The van der Waals surface area contributed by atoms with E-state index in [1.165, 1.54) is 48.5 Å². The zero-order valence-corrected chi connectivity index (χ0v) is 20.4. The van der Waals surface area contributed by atoms with E-state index in [1.807, 2.05) is 0 Å². The molecule has 0 aromatic heterocycles. The second-order valence-corrected chi connectivity index (χ2v) is 7.91. The molecule has 4 aromatic carbocycles. The highest BCUT2D eigenvalue weighted by Gasteiger charge is 2.44. The number of hydrogen-bond acceptors (Lipinski definition) is 12. The molecule has 208 valence electrons. The van der Waals surface area contributed by atoms with Crippen molar-refractivity contribution in [1.82, 2.24) is 0 Å². The van der Waals surface area contributed by atoms with E-state index in [9.17, 15) is 40.5 Å². The molecule has 0 N–H and O–H groups in total. The van der Waals surface area contributed by atoms with Gasteiger partial charge in [-0.3, -0.25) is 40.5 Å². The van der Waals surface area contributed by atoms with Gasteiger partial charge in [-0.2, -0.15) is 0 Å². The molecule has 16 nitrogen and oxygen atoms in total. The third-order valence-corrected chi connectivity index (χ3v) is 5.16. The van der Waals surface area contributed by atoms with Crippen molar-refractivity contribution in [2.75, 3.05) is 0 Å². The fraction of sp³-hybridized carbons (Fsp3) is 0.0400. The van der Waals surface area contributed by atoms with Gasteiger partial charge in [0.2, 0.25) is 0 Å². The van der Waals surface area contributed by atoms with Crippen LogP contribution in [-0.4, -0.2) is 25.9 Å². The van der Waals surface area contributed by atoms with Gasteiger partial charge in [-0.25, -0.2) is 0 Å². The van der Waals surface area contributed by atoms with Crippen molar-refractivity contribution in [1.29, 1.82) is 0 Å². The van der Waals surface area contributed by atoms with Crippen LogP contribution in [0.2, 0.25) is 0 Å². The van der Waals surface area contributed by atoms with Gasteiger partial charge < -0.3 is 18.9 Å². The largest absolute Gasteiger partial charge is 0.611 e. The molecule has 0 amide bonds. The molecule has 4 aromatic rings. The summed E-state index contributed by atoms with van der Waals surface area (Å²) in [6, 6.07) is 18.7. The number of non-ortho nitro benzene ring substituents is 4. The summed E-state index contributed by atoms with van der Waals surface area (Å²) in [6.45, 7) is 0. The maximum atomic E-state index is 11.1. The summed E-state index contributed by atoms with van der Waals surface area (Å²) < 4.78 is 23.6. The zero-order chi connectivity index (χ0) is 29.6. The quantitative estimate of drug-likeness (QED) is 0.118. The summed E-state index contributed by atoms with van der Waals surface area (Å²) in [4.78, 5) is 41.8. The number of rotatable bonds is 12. The number of nitro groups is 4. The van der Waals surface area contributed by atoms with Crippen molar-refractivity contribution in [3.8, 4) is 23.0 Å². The SMILES string of the molecule is O=[N+]([O-])c1ccc(OC(Oc2ccc([N+](=O)[O-])cc2)(Oc2ccc([N+](=O)[O-])cc2)Oc2ccc([N+](=O)[O-])cc2)cc1. The predicted octanol–water partition coefficient (Wildman–Crippen LogP) is 5.55. The van der Waals surface area contributed by atoms with E-state index >= 15 is 0 Å². The molecule has 0 bridgehead atoms. The molecule has 0 heterocycles. The van der Waals surface area contributed by atoms with E-state index in [0.29, 0.717) is 0 Å². The molecule has 0 saturated carbocycles. The normalized spacial score (nSPS) is 10.7. The van der Waals surface area contributed by atoms with Gasteiger partial charge in [-0.05, 0) is 48.5 Å². The average molecular weight is 564 g/mol. The first-order valence-corrected chi connectivity index (χ1v) is 11.3. The molecule has 0 aliphatic heterocycles. The topological polar surface area (TPSA) is 209 Å². The second-order valence-electron chi connectivity index (χ2n) is 7.91. The molecule has 0 saturated heterocycles. The highest BCUT2D eigenvalue weighted by atomic mass is 17.0. The Bertz CT molecular complexity index is 1330. The highest BCUT2D eigenvalue weighted by molar-refractivity contribution is 5.40. The van der Waals surface area contributed by atoms with Gasteiger partial charge in [0.25, 0.3) is 22.7 Å². The number of hydrogen-bond donors (Lipinski definition) is 0. The van der Waals surface area contributed by atoms with Crippen LogP contribution < -0.4 is 18.9 Å². The summed E-state index contributed by atoms with van der Waals surface area (Å²) in [5.74, 6) is -0.273. The summed E-state index contributed by atoms with van der Waals surface area (Å²) >= 11 is 0. The molecule has 0 fully saturated rings. The van der Waals surface area contributed by atoms with Crippen LogP contribution in [0.3, 0.4) is 0 Å². The summed E-state index contributed by atoms with van der Waals surface area (Å²) in [5, 5.41) is 44.4. The van der Waals surface area contributed by atoms with Crippen molar-refractivity contribution in [3.63, 3.8) is 0 Å². The lowest BCUT2D eigenvalue weighted by Crippen LogP contribution is -2.53. The minimum Gasteiger partial charge on any atom is -0.386 e. The summed E-state index contributed by atoms with van der Waals surface area (Å²) in [7, 11) is 0. The summed E-state index contributed by atoms with van der Waals surface area (Å²) in [6.07, 6.45) is -2.63. The maximum absolute atomic E-state index is 11.1. The van der Waals surface area contributed by atoms with Crippen LogP contribution in [0.5, 0.6) is 23.0 Å². The molecular formula is C25H16N4O12. The average Bonchev–Trinajstić information content (AvgIpc) is 2.94.